The van der Waals surface area contributed by atoms with Gasteiger partial charge < -0.3 is 20.9 Å². The number of primary amides is 1. The van der Waals surface area contributed by atoms with E-state index in [1.165, 1.54) is 13.2 Å². The summed E-state index contributed by atoms with van der Waals surface area (Å²) in [5.41, 5.74) is 6.36. The molecular formula is C18H20FN3O3. The Labute approximate surface area is 144 Å². The number of nitrogens with two attached hydrogens (primary N) is 1. The van der Waals surface area contributed by atoms with Crippen molar-refractivity contribution in [2.75, 3.05) is 12.4 Å². The van der Waals surface area contributed by atoms with E-state index in [0.29, 0.717) is 24.2 Å². The van der Waals surface area contributed by atoms with Crippen molar-refractivity contribution in [3.63, 3.8) is 0 Å². The molecule has 0 radical (unpaired) electrons. The van der Waals surface area contributed by atoms with E-state index in [4.69, 9.17) is 10.5 Å². The number of amides is 1. The second-order valence-electron chi connectivity index (χ2n) is 6.17. The van der Waals surface area contributed by atoms with Crippen LogP contribution < -0.4 is 15.8 Å². The first kappa shape index (κ1) is 17.2. The van der Waals surface area contributed by atoms with Crippen LogP contribution in [0.2, 0.25) is 0 Å². The quantitative estimate of drug-likeness (QED) is 0.746. The van der Waals surface area contributed by atoms with E-state index in [0.717, 1.165) is 0 Å². The fourth-order valence-corrected chi connectivity index (χ4v) is 3.12. The van der Waals surface area contributed by atoms with Crippen LogP contribution in [0.4, 0.5) is 10.2 Å². The molecule has 132 valence electrons. The molecule has 1 atom stereocenters. The minimum Gasteiger partial charge on any atom is -0.494 e. The van der Waals surface area contributed by atoms with Crippen LogP contribution in [0.1, 0.15) is 34.8 Å². The molecule has 1 heterocycles. The average Bonchev–Trinajstić information content (AvgIpc) is 2.57. The van der Waals surface area contributed by atoms with Crippen LogP contribution in [0.15, 0.2) is 36.5 Å². The number of aliphatic hydroxyl groups is 1. The Kier molecular flexibility index (Phi) is 4.85. The molecule has 0 saturated heterocycles. The Morgan fingerprint density at radius 1 is 1.44 bits per heavy atom. The highest BCUT2D eigenvalue weighted by atomic mass is 19.1. The summed E-state index contributed by atoms with van der Waals surface area (Å²) in [4.78, 5) is 15.8. The normalized spacial score (nSPS) is 20.4. The zero-order valence-corrected chi connectivity index (χ0v) is 13.8. The van der Waals surface area contributed by atoms with Gasteiger partial charge in [0.2, 0.25) is 0 Å². The number of nitrogens with one attached hydrogen (secondary N) is 1. The molecule has 1 aliphatic carbocycles. The summed E-state index contributed by atoms with van der Waals surface area (Å²) in [5.74, 6) is -0.471. The Balaban J connectivity index is 1.94. The molecule has 7 heteroatoms. The lowest BCUT2D eigenvalue weighted by atomic mass is 9.75. The van der Waals surface area contributed by atoms with Crippen LogP contribution in [-0.4, -0.2) is 29.2 Å². The number of carbonyl (C=O) groups is 1. The molecule has 1 aromatic carbocycles. The van der Waals surface area contributed by atoms with Crippen molar-refractivity contribution in [3.8, 4) is 5.75 Å². The highest BCUT2D eigenvalue weighted by Gasteiger charge is 2.35. The molecule has 4 N–H and O–H groups in total. The predicted molar refractivity (Wildman–Crippen MR) is 90.8 cm³/mol. The lowest BCUT2D eigenvalue weighted by molar-refractivity contribution is 0.0338. The largest absolute Gasteiger partial charge is 0.494 e. The molecule has 1 saturated carbocycles. The Bertz CT molecular complexity index is 778. The number of pyridine rings is 1. The number of methoxy groups -OCH3 is 1. The maximum Gasteiger partial charge on any atom is 0.252 e. The van der Waals surface area contributed by atoms with Gasteiger partial charge in [-0.25, -0.2) is 9.37 Å². The molecule has 0 spiro atoms. The van der Waals surface area contributed by atoms with E-state index in [1.54, 1.807) is 30.5 Å². The SMILES string of the molecule is COc1ccc([C@@H](Nc2ncccc2C(N)=O)C2CC(O)C2)cc1F. The third kappa shape index (κ3) is 3.56. The van der Waals surface area contributed by atoms with E-state index in [-0.39, 0.29) is 29.4 Å². The number of ether oxygens (including phenoxy) is 1. The Morgan fingerprint density at radius 2 is 2.20 bits per heavy atom. The monoisotopic (exact) mass is 345 g/mol. The first-order valence-electron chi connectivity index (χ1n) is 8.02. The summed E-state index contributed by atoms with van der Waals surface area (Å²) in [5, 5.41) is 12.9. The van der Waals surface area contributed by atoms with Crippen molar-refractivity contribution in [1.29, 1.82) is 0 Å². The average molecular weight is 345 g/mol. The molecule has 1 aliphatic rings. The zero-order valence-electron chi connectivity index (χ0n) is 13.8. The molecule has 1 amide bonds. The minimum atomic E-state index is -0.594. The molecule has 2 aromatic rings. The first-order chi connectivity index (χ1) is 12.0. The van der Waals surface area contributed by atoms with Crippen LogP contribution in [0.3, 0.4) is 0 Å². The number of hydrogen-bond donors (Lipinski definition) is 3. The van der Waals surface area contributed by atoms with Crippen LogP contribution in [-0.2, 0) is 0 Å². The van der Waals surface area contributed by atoms with Crippen LogP contribution in [0, 0.1) is 11.7 Å². The lowest BCUT2D eigenvalue weighted by Gasteiger charge is -2.38. The number of aliphatic hydroxyl groups excluding tert-OH is 1. The van der Waals surface area contributed by atoms with E-state index >= 15 is 0 Å². The number of carbonyl (C=O) groups excluding carboxylic acids is 1. The van der Waals surface area contributed by atoms with Crippen molar-refractivity contribution in [3.05, 3.63) is 53.5 Å². The second kappa shape index (κ2) is 7.06. The van der Waals surface area contributed by atoms with Gasteiger partial charge in [-0.1, -0.05) is 6.07 Å². The van der Waals surface area contributed by atoms with Crippen molar-refractivity contribution in [2.45, 2.75) is 25.0 Å². The van der Waals surface area contributed by atoms with Gasteiger partial charge in [0.05, 0.1) is 24.8 Å². The standard InChI is InChI=1S/C18H20FN3O3/c1-25-15-5-4-10(9-14(15)19)16(11-7-12(23)8-11)22-18-13(17(20)24)3-2-6-21-18/h2-6,9,11-12,16,23H,7-8H2,1H3,(H2,20,24)(H,21,22)/t11?,12?,16-/m1/s1. The predicted octanol–water partition coefficient (Wildman–Crippen LogP) is 2.25. The molecule has 0 aliphatic heterocycles. The summed E-state index contributed by atoms with van der Waals surface area (Å²) in [6, 6.07) is 7.61. The maximum absolute atomic E-state index is 14.1. The number of nitrogens with zero attached hydrogens (tertiary/aromatic N) is 1. The van der Waals surface area contributed by atoms with Crippen LogP contribution >= 0.6 is 0 Å². The van der Waals surface area contributed by atoms with Gasteiger partial charge in [0.15, 0.2) is 11.6 Å². The smallest absolute Gasteiger partial charge is 0.252 e. The van der Waals surface area contributed by atoms with Gasteiger partial charge in [0.25, 0.3) is 5.91 Å². The van der Waals surface area contributed by atoms with Crippen LogP contribution in [0.5, 0.6) is 5.75 Å². The lowest BCUT2D eigenvalue weighted by Crippen LogP contribution is -2.36. The number of hydrogen-bond acceptors (Lipinski definition) is 5. The number of anilines is 1. The Hall–Kier alpha value is -2.67. The molecule has 0 bridgehead atoms. The highest BCUT2D eigenvalue weighted by Crippen LogP contribution is 2.40. The summed E-state index contributed by atoms with van der Waals surface area (Å²) in [6.45, 7) is 0. The van der Waals surface area contributed by atoms with Gasteiger partial charge in [-0.3, -0.25) is 4.79 Å². The van der Waals surface area contributed by atoms with Gasteiger partial charge in [0.1, 0.15) is 5.82 Å². The molecule has 0 unspecified atom stereocenters. The van der Waals surface area contributed by atoms with Gasteiger partial charge in [-0.2, -0.15) is 0 Å². The topological polar surface area (TPSA) is 97.5 Å². The van der Waals surface area contributed by atoms with Gasteiger partial charge in [-0.05, 0) is 48.6 Å². The summed E-state index contributed by atoms with van der Waals surface area (Å²) in [7, 11) is 1.41. The van der Waals surface area contributed by atoms with Crippen molar-refractivity contribution < 1.29 is 19.0 Å². The summed E-state index contributed by atoms with van der Waals surface area (Å²) >= 11 is 0. The first-order valence-corrected chi connectivity index (χ1v) is 8.02. The second-order valence-corrected chi connectivity index (χ2v) is 6.17. The van der Waals surface area contributed by atoms with E-state index < -0.39 is 11.7 Å². The van der Waals surface area contributed by atoms with Crippen molar-refractivity contribution in [2.24, 2.45) is 11.7 Å². The van der Waals surface area contributed by atoms with Crippen molar-refractivity contribution >= 4 is 11.7 Å². The number of rotatable bonds is 6. The van der Waals surface area contributed by atoms with Gasteiger partial charge in [0, 0.05) is 6.20 Å². The summed E-state index contributed by atoms with van der Waals surface area (Å²) in [6.07, 6.45) is 2.36. The van der Waals surface area contributed by atoms with E-state index in [9.17, 15) is 14.3 Å². The van der Waals surface area contributed by atoms with Crippen LogP contribution in [0.25, 0.3) is 0 Å². The van der Waals surface area contributed by atoms with Gasteiger partial charge in [-0.15, -0.1) is 0 Å². The third-order valence-corrected chi connectivity index (χ3v) is 4.52. The number of aromatic nitrogens is 1. The Morgan fingerprint density at radius 3 is 2.80 bits per heavy atom. The fourth-order valence-electron chi connectivity index (χ4n) is 3.12. The fraction of sp³-hybridized carbons (Fsp3) is 0.333. The van der Waals surface area contributed by atoms with Crippen molar-refractivity contribution in [1.82, 2.24) is 4.98 Å². The molecule has 6 nitrogen and oxygen atoms in total. The summed E-state index contributed by atoms with van der Waals surface area (Å²) < 4.78 is 19.1. The molecular weight excluding hydrogens is 325 g/mol. The number of benzene rings is 1. The van der Waals surface area contributed by atoms with Gasteiger partial charge >= 0.3 is 0 Å². The zero-order chi connectivity index (χ0) is 18.0. The molecule has 1 fully saturated rings. The third-order valence-electron chi connectivity index (χ3n) is 4.52. The number of halogens is 1. The molecule has 25 heavy (non-hydrogen) atoms. The molecule has 3 rings (SSSR count). The minimum absolute atomic E-state index is 0.0885. The van der Waals surface area contributed by atoms with E-state index in [1.807, 2.05) is 0 Å². The highest BCUT2D eigenvalue weighted by molar-refractivity contribution is 5.97. The molecule has 1 aromatic heterocycles. The maximum atomic E-state index is 14.1. The van der Waals surface area contributed by atoms with E-state index in [2.05, 4.69) is 10.3 Å².